The number of rotatable bonds is 5. The predicted molar refractivity (Wildman–Crippen MR) is 125 cm³/mol. The number of aromatic nitrogens is 1. The van der Waals surface area contributed by atoms with Gasteiger partial charge in [-0.2, -0.15) is 0 Å². The lowest BCUT2D eigenvalue weighted by molar-refractivity contribution is -0.139. The number of amides is 4. The molecular weight excluding hydrogens is 440 g/mol. The molecule has 1 aliphatic heterocycles. The van der Waals surface area contributed by atoms with Crippen LogP contribution in [0.3, 0.4) is 0 Å². The first kappa shape index (κ1) is 21.1. The van der Waals surface area contributed by atoms with Crippen molar-refractivity contribution in [3.8, 4) is 0 Å². The molecule has 2 aromatic heterocycles. The van der Waals surface area contributed by atoms with Crippen molar-refractivity contribution >= 4 is 50.4 Å². The number of para-hydroxylation sites is 2. The number of likely N-dealkylation sites (N-methyl/N-ethyl adjacent to an activating group) is 1. The molecule has 33 heavy (non-hydrogen) atoms. The number of thiazole rings is 1. The summed E-state index contributed by atoms with van der Waals surface area (Å²) in [6.07, 6.45) is 0. The molecule has 9 heteroatoms. The zero-order chi connectivity index (χ0) is 23.3. The van der Waals surface area contributed by atoms with E-state index in [-0.39, 0.29) is 18.5 Å². The van der Waals surface area contributed by atoms with Crippen molar-refractivity contribution in [2.45, 2.75) is 25.4 Å². The molecule has 2 aromatic carbocycles. The number of carbonyl (C=O) groups excluding carboxylic acids is 3. The van der Waals surface area contributed by atoms with Crippen LogP contribution >= 0.6 is 11.3 Å². The summed E-state index contributed by atoms with van der Waals surface area (Å²) in [7, 11) is 1.65. The van der Waals surface area contributed by atoms with Crippen LogP contribution in [0, 0.1) is 0 Å². The Morgan fingerprint density at radius 2 is 1.94 bits per heavy atom. The summed E-state index contributed by atoms with van der Waals surface area (Å²) in [5, 5.41) is 4.31. The third kappa shape index (κ3) is 3.45. The minimum Gasteiger partial charge on any atom is -0.458 e. The smallest absolute Gasteiger partial charge is 0.325 e. The van der Waals surface area contributed by atoms with Crippen LogP contribution in [-0.4, -0.2) is 46.2 Å². The van der Waals surface area contributed by atoms with E-state index in [2.05, 4.69) is 10.3 Å². The molecule has 2 atom stereocenters. The van der Waals surface area contributed by atoms with E-state index in [9.17, 15) is 14.4 Å². The summed E-state index contributed by atoms with van der Waals surface area (Å²) in [5.41, 5.74) is 0.115. The highest BCUT2D eigenvalue weighted by atomic mass is 32.1. The lowest BCUT2D eigenvalue weighted by Gasteiger charge is -2.25. The van der Waals surface area contributed by atoms with Gasteiger partial charge in [-0.3, -0.25) is 14.5 Å². The molecule has 4 amide bonds. The van der Waals surface area contributed by atoms with Gasteiger partial charge in [-0.1, -0.05) is 30.3 Å². The van der Waals surface area contributed by atoms with Crippen molar-refractivity contribution in [2.75, 3.05) is 13.6 Å². The third-order valence-electron chi connectivity index (χ3n) is 6.13. The molecule has 0 saturated carbocycles. The summed E-state index contributed by atoms with van der Waals surface area (Å²) in [6, 6.07) is 15.9. The Morgan fingerprint density at radius 3 is 2.70 bits per heavy atom. The fourth-order valence-corrected chi connectivity index (χ4v) is 5.00. The quantitative estimate of drug-likeness (QED) is 0.452. The number of imide groups is 1. The van der Waals surface area contributed by atoms with Gasteiger partial charge in [-0.05, 0) is 38.1 Å². The molecule has 1 aliphatic rings. The SMILES string of the molecule is C[C@@H](c1nc2ccccc2s1)N(C)C(=O)CN1C(=O)N[C@@](C)(c2cc3ccccc3o2)C1=O. The lowest BCUT2D eigenvalue weighted by Crippen LogP contribution is -2.44. The molecule has 5 rings (SSSR count). The minimum atomic E-state index is -1.38. The number of hydrogen-bond acceptors (Lipinski definition) is 6. The summed E-state index contributed by atoms with van der Waals surface area (Å²) < 4.78 is 6.87. The monoisotopic (exact) mass is 462 g/mol. The van der Waals surface area contributed by atoms with Gasteiger partial charge in [-0.15, -0.1) is 11.3 Å². The molecule has 1 fully saturated rings. The minimum absolute atomic E-state index is 0.308. The van der Waals surface area contributed by atoms with Gasteiger partial charge in [0.2, 0.25) is 5.91 Å². The Balaban J connectivity index is 1.34. The first-order valence-corrected chi connectivity index (χ1v) is 11.3. The molecule has 0 bridgehead atoms. The summed E-state index contributed by atoms with van der Waals surface area (Å²) in [5.74, 6) is -0.562. The Hall–Kier alpha value is -3.72. The van der Waals surface area contributed by atoms with E-state index in [0.29, 0.717) is 11.3 Å². The van der Waals surface area contributed by atoms with Gasteiger partial charge in [0, 0.05) is 12.4 Å². The first-order valence-electron chi connectivity index (χ1n) is 10.5. The third-order valence-corrected chi connectivity index (χ3v) is 7.34. The highest BCUT2D eigenvalue weighted by Crippen LogP contribution is 2.33. The topological polar surface area (TPSA) is 95.8 Å². The molecule has 0 unspecified atom stereocenters. The normalized spacial score (nSPS) is 19.3. The van der Waals surface area contributed by atoms with Crippen LogP contribution in [0.15, 0.2) is 59.0 Å². The van der Waals surface area contributed by atoms with Crippen molar-refractivity contribution in [1.29, 1.82) is 0 Å². The second kappa shape index (κ2) is 7.70. The standard InChI is InChI=1S/C24H22N4O4S/c1-14(21-25-16-9-5-7-11-18(16)33-21)27(3)20(29)13-28-22(30)24(2,26-23(28)31)19-12-15-8-4-6-10-17(15)32-19/h4-12,14H,13H2,1-3H3,(H,26,31)/t14-,24-/m0/s1. The molecule has 1 N–H and O–H groups in total. The fraction of sp³-hybridized carbons (Fsp3) is 0.250. The Kier molecular flexibility index (Phi) is 4.93. The predicted octanol–water partition coefficient (Wildman–Crippen LogP) is 4.03. The zero-order valence-corrected chi connectivity index (χ0v) is 19.2. The lowest BCUT2D eigenvalue weighted by atomic mass is 9.99. The van der Waals surface area contributed by atoms with Crippen molar-refractivity contribution in [3.05, 3.63) is 65.4 Å². The fourth-order valence-electron chi connectivity index (χ4n) is 3.93. The molecule has 0 radical (unpaired) electrons. The van der Waals surface area contributed by atoms with E-state index in [0.717, 1.165) is 25.5 Å². The molecule has 0 aliphatic carbocycles. The Bertz CT molecular complexity index is 1340. The van der Waals surface area contributed by atoms with Crippen molar-refractivity contribution in [1.82, 2.24) is 20.1 Å². The van der Waals surface area contributed by atoms with Crippen LogP contribution in [0.25, 0.3) is 21.2 Å². The van der Waals surface area contributed by atoms with E-state index in [1.54, 1.807) is 26.1 Å². The van der Waals surface area contributed by atoms with Crippen molar-refractivity contribution in [2.24, 2.45) is 0 Å². The zero-order valence-electron chi connectivity index (χ0n) is 18.4. The number of benzene rings is 2. The molecule has 8 nitrogen and oxygen atoms in total. The summed E-state index contributed by atoms with van der Waals surface area (Å²) in [6.45, 7) is 3.09. The van der Waals surface area contributed by atoms with E-state index in [1.807, 2.05) is 49.4 Å². The maximum absolute atomic E-state index is 13.2. The van der Waals surface area contributed by atoms with Gasteiger partial charge >= 0.3 is 6.03 Å². The molecular formula is C24H22N4O4S. The molecule has 0 spiro atoms. The van der Waals surface area contributed by atoms with E-state index < -0.39 is 17.5 Å². The average molecular weight is 463 g/mol. The van der Waals surface area contributed by atoms with Gasteiger partial charge in [-0.25, -0.2) is 9.78 Å². The van der Waals surface area contributed by atoms with Crippen LogP contribution in [-0.2, 0) is 15.1 Å². The second-order valence-corrected chi connectivity index (χ2v) is 9.36. The van der Waals surface area contributed by atoms with Gasteiger partial charge in [0.15, 0.2) is 5.54 Å². The highest BCUT2D eigenvalue weighted by Gasteiger charge is 2.52. The number of urea groups is 1. The van der Waals surface area contributed by atoms with Gasteiger partial charge in [0.1, 0.15) is 22.9 Å². The van der Waals surface area contributed by atoms with E-state index in [1.165, 1.54) is 16.2 Å². The maximum atomic E-state index is 13.2. The number of nitrogens with zero attached hydrogens (tertiary/aromatic N) is 3. The van der Waals surface area contributed by atoms with E-state index >= 15 is 0 Å². The highest BCUT2D eigenvalue weighted by molar-refractivity contribution is 7.18. The second-order valence-electron chi connectivity index (χ2n) is 8.30. The van der Waals surface area contributed by atoms with Crippen LogP contribution in [0.1, 0.15) is 30.7 Å². The Morgan fingerprint density at radius 1 is 1.21 bits per heavy atom. The molecule has 3 heterocycles. The molecule has 4 aromatic rings. The summed E-state index contributed by atoms with van der Waals surface area (Å²) >= 11 is 1.52. The maximum Gasteiger partial charge on any atom is 0.325 e. The van der Waals surface area contributed by atoms with Crippen LogP contribution in [0.2, 0.25) is 0 Å². The number of fused-ring (bicyclic) bond motifs is 2. The van der Waals surface area contributed by atoms with Crippen LogP contribution < -0.4 is 5.32 Å². The van der Waals surface area contributed by atoms with Gasteiger partial charge in [0.05, 0.1) is 16.3 Å². The number of hydrogen-bond donors (Lipinski definition) is 1. The van der Waals surface area contributed by atoms with E-state index in [4.69, 9.17) is 4.42 Å². The van der Waals surface area contributed by atoms with Gasteiger partial charge in [0.25, 0.3) is 5.91 Å². The number of nitrogens with one attached hydrogen (secondary N) is 1. The Labute approximate surface area is 193 Å². The largest absolute Gasteiger partial charge is 0.458 e. The van der Waals surface area contributed by atoms with Gasteiger partial charge < -0.3 is 14.6 Å². The average Bonchev–Trinajstić information content (AvgIpc) is 3.49. The number of furan rings is 1. The molecule has 1 saturated heterocycles. The van der Waals surface area contributed by atoms with Crippen LogP contribution in [0.4, 0.5) is 4.79 Å². The molecule has 168 valence electrons. The summed E-state index contributed by atoms with van der Waals surface area (Å²) in [4.78, 5) is 46.0. The van der Waals surface area contributed by atoms with Crippen LogP contribution in [0.5, 0.6) is 0 Å². The van der Waals surface area contributed by atoms with Crippen molar-refractivity contribution in [3.63, 3.8) is 0 Å². The first-order chi connectivity index (χ1) is 15.8. The number of carbonyl (C=O) groups is 3. The van der Waals surface area contributed by atoms with Crippen molar-refractivity contribution < 1.29 is 18.8 Å².